The van der Waals surface area contributed by atoms with Crippen LogP contribution in [0, 0.1) is 0 Å². The van der Waals surface area contributed by atoms with Gasteiger partial charge in [-0.05, 0) is 58.6 Å². The second-order valence-corrected chi connectivity index (χ2v) is 10.8. The summed E-state index contributed by atoms with van der Waals surface area (Å²) < 4.78 is 13.4. The molecule has 0 fully saturated rings. The average molecular weight is 553 g/mol. The number of oxazole rings is 1. The van der Waals surface area contributed by atoms with Gasteiger partial charge in [-0.2, -0.15) is 0 Å². The van der Waals surface area contributed by atoms with E-state index < -0.39 is 0 Å². The van der Waals surface area contributed by atoms with Crippen LogP contribution in [0.5, 0.6) is 0 Å². The predicted octanol–water partition coefficient (Wildman–Crippen LogP) is 11.2. The van der Waals surface area contributed by atoms with E-state index in [-0.39, 0.29) is 0 Å². The molecule has 0 amide bonds. The summed E-state index contributed by atoms with van der Waals surface area (Å²) in [6, 6.07) is 50.2. The minimum absolute atomic E-state index is 0.574. The molecule has 9 rings (SSSR count). The van der Waals surface area contributed by atoms with Crippen LogP contribution in [0.4, 0.5) is 17.1 Å². The van der Waals surface area contributed by atoms with E-state index in [2.05, 4.69) is 95.9 Å². The Morgan fingerprint density at radius 1 is 0.488 bits per heavy atom. The monoisotopic (exact) mass is 552 g/mol. The summed E-state index contributed by atoms with van der Waals surface area (Å²) in [6.45, 7) is 0. The Bertz CT molecular complexity index is 2460. The van der Waals surface area contributed by atoms with Crippen LogP contribution in [-0.2, 0) is 0 Å². The number of fused-ring (bicyclic) bond motifs is 7. The highest BCUT2D eigenvalue weighted by molar-refractivity contribution is 6.20. The molecule has 0 atom stereocenters. The van der Waals surface area contributed by atoms with Crippen molar-refractivity contribution in [1.29, 1.82) is 0 Å². The Kier molecular flexibility index (Phi) is 5.16. The normalized spacial score (nSPS) is 11.7. The lowest BCUT2D eigenvalue weighted by Crippen LogP contribution is -2.11. The average Bonchev–Trinajstić information content (AvgIpc) is 3.67. The van der Waals surface area contributed by atoms with Gasteiger partial charge in [-0.15, -0.1) is 0 Å². The maximum absolute atomic E-state index is 6.70. The van der Waals surface area contributed by atoms with Crippen molar-refractivity contribution < 1.29 is 8.83 Å². The quantitative estimate of drug-likeness (QED) is 0.204. The van der Waals surface area contributed by atoms with Crippen molar-refractivity contribution in [1.82, 2.24) is 4.98 Å². The van der Waals surface area contributed by atoms with Crippen molar-refractivity contribution in [3.8, 4) is 11.5 Å². The number of anilines is 3. The van der Waals surface area contributed by atoms with Gasteiger partial charge in [0.25, 0.3) is 0 Å². The first-order chi connectivity index (χ1) is 21.3. The first kappa shape index (κ1) is 23.8. The number of furan rings is 1. The van der Waals surface area contributed by atoms with Gasteiger partial charge in [0.05, 0.1) is 5.69 Å². The molecule has 9 aromatic rings. The summed E-state index contributed by atoms with van der Waals surface area (Å²) in [7, 11) is 0. The van der Waals surface area contributed by atoms with Crippen LogP contribution in [-0.4, -0.2) is 4.98 Å². The number of nitrogens with zero attached hydrogens (tertiary/aromatic N) is 2. The van der Waals surface area contributed by atoms with Gasteiger partial charge >= 0.3 is 0 Å². The molecule has 2 heterocycles. The molecular weight excluding hydrogens is 528 g/mol. The number of aromatic nitrogens is 1. The van der Waals surface area contributed by atoms with Crippen molar-refractivity contribution in [3.63, 3.8) is 0 Å². The van der Waals surface area contributed by atoms with E-state index in [4.69, 9.17) is 13.8 Å². The number of rotatable bonds is 4. The standard InChI is InChI=1S/C39H24N2O2/c1-3-13-25(14-4-1)39-40-33-24-32-31-21-11-12-22-35(31)42-37(32)36(38(33)43-39)41(27-16-5-2-6-17-27)34-23-26-15-7-8-18-28(26)29-19-9-10-20-30(29)34/h1-24H. The zero-order valence-electron chi connectivity index (χ0n) is 23.1. The van der Waals surface area contributed by atoms with Gasteiger partial charge in [-0.25, -0.2) is 4.98 Å². The van der Waals surface area contributed by atoms with Crippen LogP contribution < -0.4 is 4.90 Å². The number of hydrogen-bond donors (Lipinski definition) is 0. The molecule has 0 unspecified atom stereocenters. The summed E-state index contributed by atoms with van der Waals surface area (Å²) in [5.74, 6) is 0.574. The van der Waals surface area contributed by atoms with Crippen LogP contribution in [0.15, 0.2) is 154 Å². The van der Waals surface area contributed by atoms with Gasteiger partial charge in [0, 0.05) is 27.4 Å². The van der Waals surface area contributed by atoms with E-state index in [9.17, 15) is 0 Å². The van der Waals surface area contributed by atoms with Crippen molar-refractivity contribution in [2.45, 2.75) is 0 Å². The second-order valence-electron chi connectivity index (χ2n) is 10.8. The zero-order valence-corrected chi connectivity index (χ0v) is 23.1. The number of para-hydroxylation sites is 2. The summed E-state index contributed by atoms with van der Waals surface area (Å²) in [5.41, 5.74) is 6.81. The summed E-state index contributed by atoms with van der Waals surface area (Å²) in [4.78, 5) is 7.31. The van der Waals surface area contributed by atoms with Gasteiger partial charge < -0.3 is 13.7 Å². The molecule has 0 spiro atoms. The van der Waals surface area contributed by atoms with Crippen molar-refractivity contribution in [3.05, 3.63) is 146 Å². The Morgan fingerprint density at radius 3 is 1.95 bits per heavy atom. The smallest absolute Gasteiger partial charge is 0.227 e. The molecule has 0 bridgehead atoms. The highest BCUT2D eigenvalue weighted by Gasteiger charge is 2.27. The van der Waals surface area contributed by atoms with E-state index in [1.807, 2.05) is 54.6 Å². The lowest BCUT2D eigenvalue weighted by Gasteiger charge is -2.27. The molecule has 0 saturated carbocycles. The van der Waals surface area contributed by atoms with Gasteiger partial charge in [0.1, 0.15) is 16.8 Å². The molecule has 0 aliphatic rings. The predicted molar refractivity (Wildman–Crippen MR) is 176 cm³/mol. The van der Waals surface area contributed by atoms with E-state index in [0.717, 1.165) is 60.9 Å². The van der Waals surface area contributed by atoms with Crippen LogP contribution in [0.1, 0.15) is 0 Å². The number of hydrogen-bond acceptors (Lipinski definition) is 4. The maximum atomic E-state index is 6.70. The molecule has 2 aromatic heterocycles. The van der Waals surface area contributed by atoms with Crippen molar-refractivity contribution in [2.75, 3.05) is 4.90 Å². The summed E-state index contributed by atoms with van der Waals surface area (Å²) in [6.07, 6.45) is 0. The molecule has 4 heteroatoms. The molecule has 0 radical (unpaired) electrons. The van der Waals surface area contributed by atoms with Gasteiger partial charge in [0.2, 0.25) is 5.89 Å². The lowest BCUT2D eigenvalue weighted by molar-refractivity contribution is 0.618. The molecule has 0 aliphatic carbocycles. The molecule has 202 valence electrons. The summed E-state index contributed by atoms with van der Waals surface area (Å²) >= 11 is 0. The Balaban J connectivity index is 1.46. The first-order valence-electron chi connectivity index (χ1n) is 14.4. The molecule has 43 heavy (non-hydrogen) atoms. The van der Waals surface area contributed by atoms with Crippen molar-refractivity contribution >= 4 is 71.6 Å². The second kappa shape index (κ2) is 9.33. The van der Waals surface area contributed by atoms with E-state index >= 15 is 0 Å². The van der Waals surface area contributed by atoms with E-state index in [0.29, 0.717) is 11.5 Å². The number of benzene rings is 7. The van der Waals surface area contributed by atoms with Gasteiger partial charge in [-0.1, -0.05) is 103 Å². The van der Waals surface area contributed by atoms with E-state index in [1.165, 1.54) is 10.8 Å². The third kappa shape index (κ3) is 3.67. The SMILES string of the molecule is c1ccc(-c2nc3cc4c(oc5ccccc54)c(N(c4ccccc4)c4cc5ccccc5c5ccccc45)c3o2)cc1. The third-order valence-electron chi connectivity index (χ3n) is 8.24. The zero-order chi connectivity index (χ0) is 28.3. The molecule has 4 nitrogen and oxygen atoms in total. The van der Waals surface area contributed by atoms with Crippen LogP contribution >= 0.6 is 0 Å². The Morgan fingerprint density at radius 2 is 1.14 bits per heavy atom. The lowest BCUT2D eigenvalue weighted by atomic mass is 9.98. The summed E-state index contributed by atoms with van der Waals surface area (Å²) in [5, 5.41) is 6.74. The minimum atomic E-state index is 0.574. The molecular formula is C39H24N2O2. The van der Waals surface area contributed by atoms with Gasteiger partial charge in [-0.3, -0.25) is 0 Å². The maximum Gasteiger partial charge on any atom is 0.227 e. The van der Waals surface area contributed by atoms with Crippen LogP contribution in [0.3, 0.4) is 0 Å². The molecule has 0 saturated heterocycles. The fourth-order valence-corrected chi connectivity index (χ4v) is 6.32. The molecule has 0 N–H and O–H groups in total. The van der Waals surface area contributed by atoms with Gasteiger partial charge in [0.15, 0.2) is 11.2 Å². The first-order valence-corrected chi connectivity index (χ1v) is 14.4. The third-order valence-corrected chi connectivity index (χ3v) is 8.24. The fraction of sp³-hybridized carbons (Fsp3) is 0. The Labute approximate surface area is 247 Å². The van der Waals surface area contributed by atoms with E-state index in [1.54, 1.807) is 0 Å². The highest BCUT2D eigenvalue weighted by atomic mass is 16.4. The highest BCUT2D eigenvalue weighted by Crippen LogP contribution is 2.49. The molecule has 0 aliphatic heterocycles. The van der Waals surface area contributed by atoms with Crippen LogP contribution in [0.2, 0.25) is 0 Å². The minimum Gasteiger partial charge on any atom is -0.454 e. The largest absolute Gasteiger partial charge is 0.454 e. The van der Waals surface area contributed by atoms with Crippen molar-refractivity contribution in [2.24, 2.45) is 0 Å². The Hall–Kier alpha value is -5.87. The van der Waals surface area contributed by atoms with Crippen LogP contribution in [0.25, 0.3) is 66.0 Å². The topological polar surface area (TPSA) is 42.4 Å². The molecule has 7 aromatic carbocycles. The fourth-order valence-electron chi connectivity index (χ4n) is 6.32.